The lowest BCUT2D eigenvalue weighted by Crippen LogP contribution is -2.31. The van der Waals surface area contributed by atoms with Crippen LogP contribution in [0.4, 0.5) is 8.78 Å². The van der Waals surface area contributed by atoms with Crippen molar-refractivity contribution in [2.45, 2.75) is 40.2 Å². The molecule has 0 aromatic heterocycles. The molecule has 3 heteroatoms. The number of hydrogen-bond donors (Lipinski definition) is 1. The van der Waals surface area contributed by atoms with Crippen molar-refractivity contribution >= 4 is 0 Å². The molecule has 0 saturated heterocycles. The summed E-state index contributed by atoms with van der Waals surface area (Å²) in [6.45, 7) is 9.32. The molecule has 1 aromatic carbocycles. The summed E-state index contributed by atoms with van der Waals surface area (Å²) in [5.41, 5.74) is 0.471. The SMILES string of the molecule is CC(C)NCC(C)C(C)Cc1cccc(F)c1F. The first kappa shape index (κ1) is 15.1. The largest absolute Gasteiger partial charge is 0.314 e. The molecule has 0 amide bonds. The monoisotopic (exact) mass is 255 g/mol. The van der Waals surface area contributed by atoms with Crippen LogP contribution in [-0.2, 0) is 6.42 Å². The van der Waals surface area contributed by atoms with E-state index in [1.54, 1.807) is 12.1 Å². The molecule has 0 fully saturated rings. The van der Waals surface area contributed by atoms with Gasteiger partial charge in [-0.2, -0.15) is 0 Å². The van der Waals surface area contributed by atoms with Gasteiger partial charge in [-0.25, -0.2) is 8.78 Å². The number of benzene rings is 1. The average Bonchev–Trinajstić information content (AvgIpc) is 2.31. The van der Waals surface area contributed by atoms with Crippen molar-refractivity contribution in [2.24, 2.45) is 11.8 Å². The molecule has 102 valence electrons. The second-order valence-electron chi connectivity index (χ2n) is 5.43. The second-order valence-corrected chi connectivity index (χ2v) is 5.43. The van der Waals surface area contributed by atoms with Crippen molar-refractivity contribution in [3.63, 3.8) is 0 Å². The van der Waals surface area contributed by atoms with E-state index in [2.05, 4.69) is 33.0 Å². The van der Waals surface area contributed by atoms with Crippen LogP contribution >= 0.6 is 0 Å². The molecule has 0 aliphatic carbocycles. The minimum Gasteiger partial charge on any atom is -0.314 e. The van der Waals surface area contributed by atoms with Crippen LogP contribution in [0.1, 0.15) is 33.3 Å². The van der Waals surface area contributed by atoms with Gasteiger partial charge in [0.1, 0.15) is 0 Å². The number of halogens is 2. The van der Waals surface area contributed by atoms with E-state index in [9.17, 15) is 8.78 Å². The van der Waals surface area contributed by atoms with Gasteiger partial charge in [0.05, 0.1) is 0 Å². The highest BCUT2D eigenvalue weighted by molar-refractivity contribution is 5.19. The molecule has 0 bridgehead atoms. The molecule has 1 nitrogen and oxygen atoms in total. The summed E-state index contributed by atoms with van der Waals surface area (Å²) < 4.78 is 26.6. The van der Waals surface area contributed by atoms with Crippen molar-refractivity contribution in [3.8, 4) is 0 Å². The molecule has 0 aliphatic heterocycles. The Morgan fingerprint density at radius 2 is 1.72 bits per heavy atom. The standard InChI is InChI=1S/C15H23F2N/c1-10(2)18-9-12(4)11(3)8-13-6-5-7-14(16)15(13)17/h5-7,10-12,18H,8-9H2,1-4H3. The zero-order valence-electron chi connectivity index (χ0n) is 11.6. The van der Waals surface area contributed by atoms with E-state index in [0.29, 0.717) is 29.9 Å². The fourth-order valence-corrected chi connectivity index (χ4v) is 1.88. The Hall–Kier alpha value is -0.960. The van der Waals surface area contributed by atoms with E-state index >= 15 is 0 Å². The van der Waals surface area contributed by atoms with Crippen LogP contribution in [0.2, 0.25) is 0 Å². The van der Waals surface area contributed by atoms with Crippen molar-refractivity contribution < 1.29 is 8.78 Å². The van der Waals surface area contributed by atoms with Crippen molar-refractivity contribution in [1.82, 2.24) is 5.32 Å². The van der Waals surface area contributed by atoms with E-state index in [-0.39, 0.29) is 0 Å². The Morgan fingerprint density at radius 3 is 2.33 bits per heavy atom. The Kier molecular flexibility index (Phi) is 5.73. The first-order chi connectivity index (χ1) is 8.41. The third-order valence-electron chi connectivity index (χ3n) is 3.39. The highest BCUT2D eigenvalue weighted by atomic mass is 19.2. The van der Waals surface area contributed by atoms with Crippen LogP contribution in [0.5, 0.6) is 0 Å². The van der Waals surface area contributed by atoms with Gasteiger partial charge in [0.25, 0.3) is 0 Å². The van der Waals surface area contributed by atoms with E-state index in [1.165, 1.54) is 0 Å². The van der Waals surface area contributed by atoms with Gasteiger partial charge in [0, 0.05) is 6.04 Å². The second kappa shape index (κ2) is 6.83. The lowest BCUT2D eigenvalue weighted by molar-refractivity contribution is 0.349. The molecule has 1 rings (SSSR count). The minimum atomic E-state index is -0.757. The van der Waals surface area contributed by atoms with E-state index < -0.39 is 11.6 Å². The van der Waals surface area contributed by atoms with Gasteiger partial charge in [-0.15, -0.1) is 0 Å². The molecular weight excluding hydrogens is 232 g/mol. The quantitative estimate of drug-likeness (QED) is 0.815. The molecule has 1 N–H and O–H groups in total. The highest BCUT2D eigenvalue weighted by Crippen LogP contribution is 2.20. The Bertz CT molecular complexity index is 377. The van der Waals surface area contributed by atoms with Gasteiger partial charge in [-0.1, -0.05) is 39.8 Å². The van der Waals surface area contributed by atoms with Crippen LogP contribution in [0, 0.1) is 23.5 Å². The molecule has 2 atom stereocenters. The van der Waals surface area contributed by atoms with E-state index in [1.807, 2.05) is 0 Å². The molecule has 0 aliphatic rings. The molecule has 0 saturated carbocycles. The zero-order chi connectivity index (χ0) is 13.7. The van der Waals surface area contributed by atoms with Gasteiger partial charge in [-0.05, 0) is 36.4 Å². The van der Waals surface area contributed by atoms with Gasteiger partial charge in [-0.3, -0.25) is 0 Å². The van der Waals surface area contributed by atoms with Gasteiger partial charge in [0.15, 0.2) is 11.6 Å². The van der Waals surface area contributed by atoms with Crippen molar-refractivity contribution in [1.29, 1.82) is 0 Å². The van der Waals surface area contributed by atoms with Crippen LogP contribution in [0.3, 0.4) is 0 Å². The maximum Gasteiger partial charge on any atom is 0.162 e. The number of hydrogen-bond acceptors (Lipinski definition) is 1. The van der Waals surface area contributed by atoms with Crippen LogP contribution in [-0.4, -0.2) is 12.6 Å². The first-order valence-corrected chi connectivity index (χ1v) is 6.58. The van der Waals surface area contributed by atoms with Crippen LogP contribution < -0.4 is 5.32 Å². The fourth-order valence-electron chi connectivity index (χ4n) is 1.88. The minimum absolute atomic E-state index is 0.313. The number of nitrogens with one attached hydrogen (secondary N) is 1. The predicted octanol–water partition coefficient (Wildman–Crippen LogP) is 3.78. The summed E-state index contributed by atoms with van der Waals surface area (Å²) >= 11 is 0. The van der Waals surface area contributed by atoms with Crippen LogP contribution in [0.15, 0.2) is 18.2 Å². The maximum absolute atomic E-state index is 13.5. The van der Waals surface area contributed by atoms with Gasteiger partial charge >= 0.3 is 0 Å². The fraction of sp³-hybridized carbons (Fsp3) is 0.600. The average molecular weight is 255 g/mol. The Morgan fingerprint density at radius 1 is 1.06 bits per heavy atom. The van der Waals surface area contributed by atoms with Gasteiger partial charge in [0.2, 0.25) is 0 Å². The molecule has 1 aromatic rings. The maximum atomic E-state index is 13.5. The summed E-state index contributed by atoms with van der Waals surface area (Å²) in [6.07, 6.45) is 0.574. The number of rotatable bonds is 6. The molecule has 0 spiro atoms. The van der Waals surface area contributed by atoms with Crippen molar-refractivity contribution in [2.75, 3.05) is 6.54 Å². The summed E-state index contributed by atoms with van der Waals surface area (Å²) in [7, 11) is 0. The third kappa shape index (κ3) is 4.37. The lowest BCUT2D eigenvalue weighted by atomic mass is 9.89. The highest BCUT2D eigenvalue weighted by Gasteiger charge is 2.16. The van der Waals surface area contributed by atoms with E-state index in [4.69, 9.17) is 0 Å². The van der Waals surface area contributed by atoms with Crippen LogP contribution in [0.25, 0.3) is 0 Å². The van der Waals surface area contributed by atoms with Crippen molar-refractivity contribution in [3.05, 3.63) is 35.4 Å². The molecule has 0 radical (unpaired) electrons. The summed E-state index contributed by atoms with van der Waals surface area (Å²) in [4.78, 5) is 0. The summed E-state index contributed by atoms with van der Waals surface area (Å²) in [6, 6.07) is 4.84. The molecular formula is C15H23F2N. The normalized spacial score (nSPS) is 14.8. The molecule has 18 heavy (non-hydrogen) atoms. The van der Waals surface area contributed by atoms with E-state index in [0.717, 1.165) is 12.6 Å². The predicted molar refractivity (Wildman–Crippen MR) is 71.5 cm³/mol. The molecule has 2 unspecified atom stereocenters. The lowest BCUT2D eigenvalue weighted by Gasteiger charge is -2.22. The summed E-state index contributed by atoms with van der Waals surface area (Å²) in [5.74, 6) is -0.719. The Balaban J connectivity index is 2.58. The first-order valence-electron chi connectivity index (χ1n) is 6.58. The zero-order valence-corrected chi connectivity index (χ0v) is 11.6. The molecule has 0 heterocycles. The Labute approximate surface area is 109 Å². The summed E-state index contributed by atoms with van der Waals surface area (Å²) in [5, 5.41) is 3.37. The topological polar surface area (TPSA) is 12.0 Å². The third-order valence-corrected chi connectivity index (χ3v) is 3.39. The van der Waals surface area contributed by atoms with Gasteiger partial charge < -0.3 is 5.32 Å². The smallest absolute Gasteiger partial charge is 0.162 e.